The van der Waals surface area contributed by atoms with Crippen LogP contribution >= 0.6 is 0 Å². The molecule has 1 atom stereocenters. The molecule has 0 bridgehead atoms. The molecule has 0 saturated heterocycles. The number of aromatic nitrogens is 1. The van der Waals surface area contributed by atoms with Crippen molar-refractivity contribution in [1.82, 2.24) is 10.3 Å². The maximum atomic E-state index is 9.61. The number of nitriles is 2. The molecule has 1 aliphatic heterocycles. The molecule has 1 aromatic heterocycles. The molecule has 192 valence electrons. The number of benzene rings is 3. The highest BCUT2D eigenvalue weighted by molar-refractivity contribution is 5.98. The first-order valence-electron chi connectivity index (χ1n) is 12.0. The number of nitrogens with one attached hydrogen (secondary N) is 2. The van der Waals surface area contributed by atoms with Crippen LogP contribution in [0.3, 0.4) is 0 Å². The molecular formula is C29H24N8O2. The van der Waals surface area contributed by atoms with Crippen LogP contribution < -0.4 is 31.6 Å². The van der Waals surface area contributed by atoms with Gasteiger partial charge in [-0.2, -0.15) is 10.5 Å². The Morgan fingerprint density at radius 3 is 2.13 bits per heavy atom. The van der Waals surface area contributed by atoms with Crippen LogP contribution in [0.5, 0.6) is 11.5 Å². The lowest BCUT2D eigenvalue weighted by Crippen LogP contribution is -2.32. The third-order valence-corrected chi connectivity index (χ3v) is 6.12. The highest BCUT2D eigenvalue weighted by Gasteiger charge is 2.30. The number of aliphatic imine (C=N–C) groups is 1. The van der Waals surface area contributed by atoms with Crippen LogP contribution in [0.15, 0.2) is 83.9 Å². The van der Waals surface area contributed by atoms with Crippen molar-refractivity contribution in [2.24, 2.45) is 4.99 Å². The Morgan fingerprint density at radius 2 is 1.51 bits per heavy atom. The normalized spacial score (nSPS) is 13.6. The highest BCUT2D eigenvalue weighted by Crippen LogP contribution is 2.42. The van der Waals surface area contributed by atoms with Crippen molar-refractivity contribution in [2.75, 3.05) is 16.8 Å². The van der Waals surface area contributed by atoms with Crippen LogP contribution in [0, 0.1) is 22.8 Å². The zero-order valence-corrected chi connectivity index (χ0v) is 20.8. The lowest BCUT2D eigenvalue weighted by atomic mass is 9.95. The summed E-state index contributed by atoms with van der Waals surface area (Å²) < 4.78 is 12.4. The molecule has 0 aliphatic carbocycles. The Bertz CT molecular complexity index is 1610. The molecule has 39 heavy (non-hydrogen) atoms. The Kier molecular flexibility index (Phi) is 7.10. The number of ether oxygens (including phenoxy) is 2. The van der Waals surface area contributed by atoms with Crippen LogP contribution in [0.4, 0.5) is 17.3 Å². The van der Waals surface area contributed by atoms with Crippen molar-refractivity contribution in [3.05, 3.63) is 107 Å². The topological polar surface area (TPSA) is 167 Å². The highest BCUT2D eigenvalue weighted by atomic mass is 16.5. The van der Waals surface area contributed by atoms with Crippen LogP contribution in [-0.2, 0) is 13.2 Å². The number of nitrogens with zero attached hydrogens (tertiary/aromatic N) is 4. The summed E-state index contributed by atoms with van der Waals surface area (Å²) in [4.78, 5) is 8.95. The average Bonchev–Trinajstić information content (AvgIpc) is 2.96. The van der Waals surface area contributed by atoms with Gasteiger partial charge in [-0.1, -0.05) is 66.7 Å². The lowest BCUT2D eigenvalue weighted by molar-refractivity contribution is 0.255. The van der Waals surface area contributed by atoms with E-state index in [1.54, 1.807) is 6.07 Å². The molecule has 6 N–H and O–H groups in total. The van der Waals surface area contributed by atoms with E-state index in [0.29, 0.717) is 41.7 Å². The van der Waals surface area contributed by atoms with Gasteiger partial charge in [0.2, 0.25) is 5.96 Å². The Labute approximate surface area is 225 Å². The fourth-order valence-corrected chi connectivity index (χ4v) is 4.22. The molecule has 0 amide bonds. The van der Waals surface area contributed by atoms with Gasteiger partial charge in [0, 0.05) is 5.56 Å². The van der Waals surface area contributed by atoms with Gasteiger partial charge in [0.05, 0.1) is 5.69 Å². The SMILES string of the molecule is N#CNC1=NC(c2ccc(OCc3ccccc3)c(OCc3ccccc3)c2)c2c(nc(N)c(C#N)c2N)N1. The van der Waals surface area contributed by atoms with Crippen molar-refractivity contribution >= 4 is 23.3 Å². The summed E-state index contributed by atoms with van der Waals surface area (Å²) in [5.74, 6) is 1.50. The van der Waals surface area contributed by atoms with Crippen molar-refractivity contribution in [3.8, 4) is 23.8 Å². The van der Waals surface area contributed by atoms with Crippen molar-refractivity contribution < 1.29 is 9.47 Å². The van der Waals surface area contributed by atoms with E-state index in [9.17, 15) is 10.5 Å². The van der Waals surface area contributed by atoms with Gasteiger partial charge in [0.25, 0.3) is 0 Å². The molecule has 1 aliphatic rings. The molecule has 1 unspecified atom stereocenters. The number of fused-ring (bicyclic) bond motifs is 1. The average molecular weight is 517 g/mol. The first kappa shape index (κ1) is 24.9. The van der Waals surface area contributed by atoms with E-state index in [-0.39, 0.29) is 23.0 Å². The number of anilines is 3. The number of pyridine rings is 1. The van der Waals surface area contributed by atoms with Crippen LogP contribution in [0.25, 0.3) is 0 Å². The number of guanidine groups is 1. The van der Waals surface area contributed by atoms with Crippen molar-refractivity contribution in [1.29, 1.82) is 10.5 Å². The van der Waals surface area contributed by atoms with E-state index in [1.807, 2.05) is 85.1 Å². The molecule has 5 rings (SSSR count). The lowest BCUT2D eigenvalue weighted by Gasteiger charge is -2.26. The molecule has 0 saturated carbocycles. The second kappa shape index (κ2) is 11.1. The predicted octanol–water partition coefficient (Wildman–Crippen LogP) is 4.22. The van der Waals surface area contributed by atoms with Gasteiger partial charge in [-0.15, -0.1) is 0 Å². The zero-order chi connectivity index (χ0) is 27.2. The first-order chi connectivity index (χ1) is 19.1. The largest absolute Gasteiger partial charge is 0.485 e. The third kappa shape index (κ3) is 5.36. The molecule has 0 radical (unpaired) electrons. The summed E-state index contributed by atoms with van der Waals surface area (Å²) >= 11 is 0. The summed E-state index contributed by atoms with van der Waals surface area (Å²) in [6.45, 7) is 0.673. The molecule has 0 spiro atoms. The van der Waals surface area contributed by atoms with Gasteiger partial charge >= 0.3 is 0 Å². The Morgan fingerprint density at radius 1 is 0.872 bits per heavy atom. The monoisotopic (exact) mass is 516 g/mol. The summed E-state index contributed by atoms with van der Waals surface area (Å²) in [6.07, 6.45) is 1.85. The molecule has 4 aromatic rings. The van der Waals surface area contributed by atoms with Crippen molar-refractivity contribution in [3.63, 3.8) is 0 Å². The maximum Gasteiger partial charge on any atom is 0.211 e. The van der Waals surface area contributed by atoms with E-state index >= 15 is 0 Å². The molecule has 2 heterocycles. The number of hydrogen-bond donors (Lipinski definition) is 4. The molecule has 10 nitrogen and oxygen atoms in total. The van der Waals surface area contributed by atoms with Gasteiger partial charge in [0.15, 0.2) is 17.7 Å². The predicted molar refractivity (Wildman–Crippen MR) is 147 cm³/mol. The molecule has 0 fully saturated rings. The van der Waals surface area contributed by atoms with Gasteiger partial charge < -0.3 is 26.3 Å². The summed E-state index contributed by atoms with van der Waals surface area (Å²) in [5.41, 5.74) is 15.7. The van der Waals surface area contributed by atoms with E-state index in [1.165, 1.54) is 0 Å². The number of nitrogen functional groups attached to an aromatic ring is 2. The molecular weight excluding hydrogens is 492 g/mol. The third-order valence-electron chi connectivity index (χ3n) is 6.12. The molecule has 3 aromatic carbocycles. The summed E-state index contributed by atoms with van der Waals surface area (Å²) in [5, 5.41) is 24.2. The van der Waals surface area contributed by atoms with Gasteiger partial charge in [-0.25, -0.2) is 9.98 Å². The first-order valence-corrected chi connectivity index (χ1v) is 12.0. The van der Waals surface area contributed by atoms with E-state index in [4.69, 9.17) is 20.9 Å². The van der Waals surface area contributed by atoms with Gasteiger partial charge in [-0.05, 0) is 28.8 Å². The fraction of sp³-hybridized carbons (Fsp3) is 0.103. The van der Waals surface area contributed by atoms with Crippen LogP contribution in [-0.4, -0.2) is 10.9 Å². The second-order valence-corrected chi connectivity index (χ2v) is 8.66. The number of rotatable bonds is 7. The Hall–Kier alpha value is -5.74. The second-order valence-electron chi connectivity index (χ2n) is 8.66. The Balaban J connectivity index is 1.55. The van der Waals surface area contributed by atoms with Crippen LogP contribution in [0.2, 0.25) is 0 Å². The van der Waals surface area contributed by atoms with E-state index in [2.05, 4.69) is 20.6 Å². The number of hydrogen-bond acceptors (Lipinski definition) is 10. The minimum atomic E-state index is -0.709. The van der Waals surface area contributed by atoms with E-state index < -0.39 is 6.04 Å². The maximum absolute atomic E-state index is 9.61. The summed E-state index contributed by atoms with van der Waals surface area (Å²) in [6, 6.07) is 26.4. The summed E-state index contributed by atoms with van der Waals surface area (Å²) in [7, 11) is 0. The standard InChI is InChI=1S/C29H24N8O2/c30-14-21-25(32)24-26(35-29(34-17-31)37-28(24)36-27(21)33)20-11-12-22(38-15-18-7-3-1-4-8-18)23(13-20)39-16-19-9-5-2-6-10-19/h1-13,26H,15-16H2,(H6,32,33,34,35,36,37). The minimum Gasteiger partial charge on any atom is -0.485 e. The van der Waals surface area contributed by atoms with Gasteiger partial charge in [0.1, 0.15) is 42.5 Å². The zero-order valence-electron chi connectivity index (χ0n) is 20.8. The smallest absolute Gasteiger partial charge is 0.211 e. The molecule has 10 heteroatoms. The van der Waals surface area contributed by atoms with Crippen LogP contribution in [0.1, 0.15) is 33.9 Å². The van der Waals surface area contributed by atoms with E-state index in [0.717, 1.165) is 11.1 Å². The van der Waals surface area contributed by atoms with Crippen molar-refractivity contribution in [2.45, 2.75) is 19.3 Å². The minimum absolute atomic E-state index is 0.0187. The van der Waals surface area contributed by atoms with Gasteiger partial charge in [-0.3, -0.25) is 5.32 Å². The fourth-order valence-electron chi connectivity index (χ4n) is 4.22. The number of nitrogens with two attached hydrogens (primary N) is 2. The quantitative estimate of drug-likeness (QED) is 0.208.